The maximum Gasteiger partial charge on any atom is 0.279 e. The molecule has 0 spiro atoms. The molecule has 0 atom stereocenters. The summed E-state index contributed by atoms with van der Waals surface area (Å²) in [6, 6.07) is 15.6. The molecule has 9 heteroatoms. The number of ether oxygens (including phenoxy) is 1. The van der Waals surface area contributed by atoms with Gasteiger partial charge in [0.1, 0.15) is 5.75 Å². The summed E-state index contributed by atoms with van der Waals surface area (Å²) in [6.07, 6.45) is 0.484. The molecule has 4 aromatic rings. The molecule has 0 unspecified atom stereocenters. The molecule has 2 aromatic heterocycles. The van der Waals surface area contributed by atoms with E-state index in [1.54, 1.807) is 7.11 Å². The van der Waals surface area contributed by atoms with Crippen LogP contribution in [0.3, 0.4) is 0 Å². The Morgan fingerprint density at radius 1 is 1.09 bits per heavy atom. The lowest BCUT2D eigenvalue weighted by Gasteiger charge is -2.36. The Morgan fingerprint density at radius 3 is 2.65 bits per heavy atom. The monoisotopic (exact) mass is 478 g/mol. The van der Waals surface area contributed by atoms with Crippen molar-refractivity contribution in [2.75, 3.05) is 38.2 Å². The van der Waals surface area contributed by atoms with E-state index in [1.165, 1.54) is 4.52 Å². The summed E-state index contributed by atoms with van der Waals surface area (Å²) in [7, 11) is 1.70. The molecule has 0 aliphatic carbocycles. The number of nitrogens with zero attached hydrogens (tertiary/aromatic N) is 5. The van der Waals surface area contributed by atoms with Gasteiger partial charge in [0.25, 0.3) is 5.56 Å². The van der Waals surface area contributed by atoms with Crippen LogP contribution in [-0.2, 0) is 13.0 Å². The number of aromatic nitrogens is 4. The minimum Gasteiger partial charge on any atom is -0.495 e. The Morgan fingerprint density at radius 2 is 1.88 bits per heavy atom. The average molecular weight is 479 g/mol. The maximum absolute atomic E-state index is 13.2. The van der Waals surface area contributed by atoms with Crippen molar-refractivity contribution in [1.82, 2.24) is 24.5 Å². The second-order valence-electron chi connectivity index (χ2n) is 8.54. The Hall–Kier alpha value is -3.36. The van der Waals surface area contributed by atoms with E-state index in [-0.39, 0.29) is 5.56 Å². The smallest absolute Gasteiger partial charge is 0.279 e. The number of hydrogen-bond donors (Lipinski definition) is 1. The number of nitrogens with one attached hydrogen (secondary N) is 1. The van der Waals surface area contributed by atoms with Crippen molar-refractivity contribution in [2.45, 2.75) is 19.9 Å². The fourth-order valence-electron chi connectivity index (χ4n) is 4.47. The first-order valence-corrected chi connectivity index (χ1v) is 11.7. The Labute approximate surface area is 202 Å². The number of H-pyrrole nitrogens is 1. The van der Waals surface area contributed by atoms with Crippen LogP contribution in [-0.4, -0.2) is 57.8 Å². The minimum atomic E-state index is -0.147. The normalized spacial score (nSPS) is 14.6. The van der Waals surface area contributed by atoms with Crippen molar-refractivity contribution in [3.63, 3.8) is 0 Å². The van der Waals surface area contributed by atoms with Gasteiger partial charge in [-0.05, 0) is 36.8 Å². The van der Waals surface area contributed by atoms with E-state index < -0.39 is 0 Å². The average Bonchev–Trinajstić information content (AvgIpc) is 3.24. The van der Waals surface area contributed by atoms with Crippen molar-refractivity contribution >= 4 is 23.1 Å². The number of methoxy groups -OCH3 is 1. The van der Waals surface area contributed by atoms with Gasteiger partial charge in [0.15, 0.2) is 5.82 Å². The number of rotatable bonds is 6. The Bertz CT molecular complexity index is 1370. The van der Waals surface area contributed by atoms with Gasteiger partial charge in [-0.3, -0.25) is 9.69 Å². The van der Waals surface area contributed by atoms with E-state index in [4.69, 9.17) is 16.3 Å². The molecule has 8 nitrogen and oxygen atoms in total. The van der Waals surface area contributed by atoms with Gasteiger partial charge in [-0.2, -0.15) is 9.50 Å². The molecule has 0 bridgehead atoms. The zero-order valence-electron chi connectivity index (χ0n) is 19.3. The van der Waals surface area contributed by atoms with Crippen LogP contribution in [0.4, 0.5) is 5.69 Å². The molecule has 1 fully saturated rings. The number of aryl methyl sites for hydroxylation is 1. The minimum absolute atomic E-state index is 0.147. The van der Waals surface area contributed by atoms with Crippen molar-refractivity contribution in [2.24, 2.45) is 0 Å². The molecular formula is C25H27ClN6O2. The van der Waals surface area contributed by atoms with Crippen LogP contribution in [0.5, 0.6) is 5.75 Å². The number of fused-ring (bicyclic) bond motifs is 1. The first-order chi connectivity index (χ1) is 16.5. The van der Waals surface area contributed by atoms with Gasteiger partial charge in [-0.25, -0.2) is 0 Å². The molecule has 34 heavy (non-hydrogen) atoms. The van der Waals surface area contributed by atoms with Crippen molar-refractivity contribution in [1.29, 1.82) is 0 Å². The van der Waals surface area contributed by atoms with E-state index in [0.717, 1.165) is 48.9 Å². The highest BCUT2D eigenvalue weighted by atomic mass is 35.5. The first kappa shape index (κ1) is 22.4. The van der Waals surface area contributed by atoms with Crippen molar-refractivity contribution in [3.05, 3.63) is 86.6 Å². The van der Waals surface area contributed by atoms with Gasteiger partial charge < -0.3 is 14.6 Å². The van der Waals surface area contributed by atoms with E-state index in [0.29, 0.717) is 35.2 Å². The molecule has 5 rings (SSSR count). The van der Waals surface area contributed by atoms with Crippen LogP contribution >= 0.6 is 11.6 Å². The second kappa shape index (κ2) is 9.48. The third-order valence-electron chi connectivity index (χ3n) is 6.29. The largest absolute Gasteiger partial charge is 0.495 e. The molecule has 2 aromatic carbocycles. The van der Waals surface area contributed by atoms with Crippen molar-refractivity contribution in [3.8, 4) is 5.75 Å². The topological polar surface area (TPSA) is 78.8 Å². The van der Waals surface area contributed by atoms with Crippen LogP contribution in [0, 0.1) is 6.92 Å². The molecule has 176 valence electrons. The highest BCUT2D eigenvalue weighted by Crippen LogP contribution is 2.28. The summed E-state index contributed by atoms with van der Waals surface area (Å²) in [5.74, 6) is 2.00. The number of piperazine rings is 1. The van der Waals surface area contributed by atoms with Crippen LogP contribution in [0.15, 0.2) is 53.3 Å². The predicted molar refractivity (Wildman–Crippen MR) is 133 cm³/mol. The van der Waals surface area contributed by atoms with Gasteiger partial charge in [0.2, 0.25) is 5.78 Å². The number of para-hydroxylation sites is 2. The quantitative estimate of drug-likeness (QED) is 0.458. The van der Waals surface area contributed by atoms with Crippen LogP contribution < -0.4 is 15.2 Å². The van der Waals surface area contributed by atoms with Crippen molar-refractivity contribution < 1.29 is 4.74 Å². The molecular weight excluding hydrogens is 452 g/mol. The number of halogens is 1. The molecule has 1 saturated heterocycles. The molecule has 0 saturated carbocycles. The van der Waals surface area contributed by atoms with E-state index in [2.05, 4.69) is 30.9 Å². The highest BCUT2D eigenvalue weighted by Gasteiger charge is 2.21. The fraction of sp³-hybridized carbons (Fsp3) is 0.320. The summed E-state index contributed by atoms with van der Waals surface area (Å²) in [5, 5.41) is 5.19. The van der Waals surface area contributed by atoms with E-state index in [1.807, 2.05) is 49.4 Å². The summed E-state index contributed by atoms with van der Waals surface area (Å²) < 4.78 is 6.89. The lowest BCUT2D eigenvalue weighted by atomic mass is 10.1. The summed E-state index contributed by atoms with van der Waals surface area (Å²) in [6.45, 7) is 6.01. The number of hydrogen-bond acceptors (Lipinski definition) is 6. The second-order valence-corrected chi connectivity index (χ2v) is 8.98. The Kier molecular flexibility index (Phi) is 6.26. The van der Waals surface area contributed by atoms with E-state index >= 15 is 0 Å². The molecule has 1 aliphatic heterocycles. The zero-order valence-corrected chi connectivity index (χ0v) is 20.0. The predicted octanol–water partition coefficient (Wildman–Crippen LogP) is 3.30. The van der Waals surface area contributed by atoms with Crippen LogP contribution in [0.25, 0.3) is 5.78 Å². The summed E-state index contributed by atoms with van der Waals surface area (Å²) in [5.41, 5.74) is 3.40. The standard InChI is InChI=1S/C25H27ClN6O2/c1-17-20(15-18-6-5-7-19(26)14-18)24(33)32-25(27-17)28-23(29-32)16-30-10-12-31(13-11-30)21-8-3-4-9-22(21)34-2/h3-9,14H,10-13,15-16H2,1-2H3,(H,27,28,29). The van der Waals surface area contributed by atoms with Gasteiger partial charge in [-0.1, -0.05) is 35.9 Å². The number of aromatic amines is 1. The lowest BCUT2D eigenvalue weighted by molar-refractivity contribution is 0.243. The molecule has 0 amide bonds. The van der Waals surface area contributed by atoms with Gasteiger partial charge >= 0.3 is 0 Å². The van der Waals surface area contributed by atoms with Gasteiger partial charge in [0.05, 0.1) is 19.3 Å². The van der Waals surface area contributed by atoms with Crippen LogP contribution in [0.2, 0.25) is 5.02 Å². The molecule has 1 aliphatic rings. The number of anilines is 1. The van der Waals surface area contributed by atoms with Crippen LogP contribution in [0.1, 0.15) is 22.6 Å². The summed E-state index contributed by atoms with van der Waals surface area (Å²) >= 11 is 6.11. The highest BCUT2D eigenvalue weighted by molar-refractivity contribution is 6.30. The fourth-order valence-corrected chi connectivity index (χ4v) is 4.69. The SMILES string of the molecule is COc1ccccc1N1CCN(Cc2nc3[nH]c(C)c(Cc4cccc(Cl)c4)c(=O)n3n2)CC1. The Balaban J connectivity index is 1.31. The van der Waals surface area contributed by atoms with Gasteiger partial charge in [0, 0.05) is 48.9 Å². The molecule has 0 radical (unpaired) electrons. The third kappa shape index (κ3) is 4.51. The lowest BCUT2D eigenvalue weighted by Crippen LogP contribution is -2.46. The van der Waals surface area contributed by atoms with Gasteiger partial charge in [-0.15, -0.1) is 5.10 Å². The third-order valence-corrected chi connectivity index (χ3v) is 6.52. The van der Waals surface area contributed by atoms with E-state index in [9.17, 15) is 4.79 Å². The molecule has 1 N–H and O–H groups in total. The zero-order chi connectivity index (χ0) is 23.7. The number of benzene rings is 2. The summed E-state index contributed by atoms with van der Waals surface area (Å²) in [4.78, 5) is 25.7. The maximum atomic E-state index is 13.2. The molecule has 3 heterocycles. The first-order valence-electron chi connectivity index (χ1n) is 11.3.